The van der Waals surface area contributed by atoms with Crippen LogP contribution in [0.15, 0.2) is 34.4 Å². The fourth-order valence-electron chi connectivity index (χ4n) is 2.30. The number of anilines is 1. The molecule has 27 heavy (non-hydrogen) atoms. The van der Waals surface area contributed by atoms with Crippen molar-refractivity contribution < 1.29 is 14.6 Å². The van der Waals surface area contributed by atoms with Crippen LogP contribution in [-0.4, -0.2) is 50.6 Å². The second-order valence-corrected chi connectivity index (χ2v) is 7.70. The van der Waals surface area contributed by atoms with Gasteiger partial charge in [0.25, 0.3) is 0 Å². The van der Waals surface area contributed by atoms with E-state index in [9.17, 15) is 9.90 Å². The molecule has 0 spiro atoms. The third kappa shape index (κ3) is 4.58. The zero-order valence-electron chi connectivity index (χ0n) is 14.9. The van der Waals surface area contributed by atoms with E-state index in [0.29, 0.717) is 9.86 Å². The molecule has 0 aliphatic heterocycles. The fraction of sp³-hybridized carbons (Fsp3) is 0.294. The van der Waals surface area contributed by atoms with Crippen LogP contribution >= 0.6 is 23.1 Å². The number of benzene rings is 1. The van der Waals surface area contributed by atoms with E-state index in [4.69, 9.17) is 4.74 Å². The molecule has 2 aromatic heterocycles. The molecule has 2 heterocycles. The predicted octanol–water partition coefficient (Wildman–Crippen LogP) is 3.47. The van der Waals surface area contributed by atoms with Crippen LogP contribution < -0.4 is 5.32 Å². The molecule has 0 unspecified atom stereocenters. The quantitative estimate of drug-likeness (QED) is 0.226. The van der Waals surface area contributed by atoms with Crippen LogP contribution in [0.4, 0.5) is 5.13 Å². The van der Waals surface area contributed by atoms with Crippen LogP contribution in [0.2, 0.25) is 0 Å². The van der Waals surface area contributed by atoms with E-state index in [1.807, 2.05) is 24.3 Å². The van der Waals surface area contributed by atoms with E-state index in [1.54, 1.807) is 0 Å². The highest BCUT2D eigenvalue weighted by Crippen LogP contribution is 2.29. The molecular formula is C17H19N5O3S2. The Labute approximate surface area is 164 Å². The van der Waals surface area contributed by atoms with Gasteiger partial charge in [0.15, 0.2) is 4.34 Å². The second kappa shape index (κ2) is 8.87. The van der Waals surface area contributed by atoms with Crippen molar-refractivity contribution in [2.45, 2.75) is 17.7 Å². The molecule has 10 heteroatoms. The molecule has 0 fully saturated rings. The molecule has 0 amide bonds. The van der Waals surface area contributed by atoms with Gasteiger partial charge in [0, 0.05) is 6.54 Å². The van der Waals surface area contributed by atoms with E-state index in [1.165, 1.54) is 30.2 Å². The molecule has 0 aliphatic carbocycles. The number of aromatic nitrogens is 4. The summed E-state index contributed by atoms with van der Waals surface area (Å²) in [4.78, 5) is 19.6. The van der Waals surface area contributed by atoms with Crippen molar-refractivity contribution in [1.29, 1.82) is 0 Å². The van der Waals surface area contributed by atoms with Crippen LogP contribution in [0.1, 0.15) is 19.2 Å². The number of H-pyrrole nitrogens is 1. The number of rotatable bonds is 8. The number of aliphatic hydroxyl groups is 1. The molecule has 142 valence electrons. The van der Waals surface area contributed by atoms with Crippen LogP contribution in [0, 0.1) is 0 Å². The number of imidazole rings is 1. The summed E-state index contributed by atoms with van der Waals surface area (Å²) in [6.07, 6.45) is 0.992. The van der Waals surface area contributed by atoms with Gasteiger partial charge in [-0.3, -0.25) is 0 Å². The highest BCUT2D eigenvalue weighted by Gasteiger charge is 2.22. The molecule has 3 aromatic rings. The van der Waals surface area contributed by atoms with E-state index in [2.05, 4.69) is 32.4 Å². The Morgan fingerprint density at radius 1 is 1.37 bits per heavy atom. The third-order valence-corrected chi connectivity index (χ3v) is 5.59. The number of para-hydroxylation sites is 2. The van der Waals surface area contributed by atoms with Gasteiger partial charge in [-0.15, -0.1) is 10.2 Å². The first-order valence-corrected chi connectivity index (χ1v) is 10.1. The van der Waals surface area contributed by atoms with E-state index < -0.39 is 5.97 Å². The monoisotopic (exact) mass is 405 g/mol. The summed E-state index contributed by atoms with van der Waals surface area (Å²) in [6, 6.07) is 7.38. The number of nitrogens with zero attached hydrogens (tertiary/aromatic N) is 3. The van der Waals surface area contributed by atoms with Crippen molar-refractivity contribution in [3.8, 4) is 0 Å². The van der Waals surface area contributed by atoms with Crippen LogP contribution in [0.25, 0.3) is 16.6 Å². The summed E-state index contributed by atoms with van der Waals surface area (Å²) in [5, 5.41) is 22.5. The average molecular weight is 406 g/mol. The minimum atomic E-state index is -0.658. The smallest absolute Gasteiger partial charge is 0.345 e. The standard InChI is InChI=1S/C17H19N5O3S2/c1-3-8-18-16-21-22-17(27-16)26-9-12(23)13(15(24)25-2)14-19-10-6-4-5-7-11(10)20-14/h4-7,23H,3,8-9H2,1-2H3,(H,18,21)(H,19,20)/b13-12+. The largest absolute Gasteiger partial charge is 0.510 e. The number of carbonyl (C=O) groups is 1. The number of esters is 1. The molecule has 0 saturated heterocycles. The maximum absolute atomic E-state index is 12.2. The number of hydrogen-bond acceptors (Lipinski definition) is 9. The number of ether oxygens (including phenoxy) is 1. The molecule has 0 atom stereocenters. The Morgan fingerprint density at radius 2 is 2.19 bits per heavy atom. The maximum Gasteiger partial charge on any atom is 0.345 e. The summed E-state index contributed by atoms with van der Waals surface area (Å²) in [7, 11) is 1.27. The van der Waals surface area contributed by atoms with E-state index in [-0.39, 0.29) is 22.9 Å². The normalized spacial score (nSPS) is 12.1. The zero-order valence-corrected chi connectivity index (χ0v) is 16.5. The minimum absolute atomic E-state index is 0.00930. The Hall–Kier alpha value is -2.59. The lowest BCUT2D eigenvalue weighted by Gasteiger charge is -2.06. The molecule has 0 bridgehead atoms. The first kappa shape index (κ1) is 19.2. The Morgan fingerprint density at radius 3 is 2.93 bits per heavy atom. The highest BCUT2D eigenvalue weighted by molar-refractivity contribution is 8.01. The minimum Gasteiger partial charge on any atom is -0.510 e. The van der Waals surface area contributed by atoms with Crippen molar-refractivity contribution in [3.05, 3.63) is 35.8 Å². The van der Waals surface area contributed by atoms with Gasteiger partial charge < -0.3 is 20.1 Å². The van der Waals surface area contributed by atoms with E-state index in [0.717, 1.165) is 23.6 Å². The van der Waals surface area contributed by atoms with Gasteiger partial charge in [-0.1, -0.05) is 42.2 Å². The molecular weight excluding hydrogens is 386 g/mol. The Balaban J connectivity index is 1.81. The number of thioether (sulfide) groups is 1. The first-order chi connectivity index (χ1) is 13.1. The number of carbonyl (C=O) groups excluding carboxylic acids is 1. The SMILES string of the molecule is CCCNc1nnc(SC/C(O)=C(\C(=O)OC)c2nc3ccccc3[nH]2)s1. The van der Waals surface area contributed by atoms with Crippen molar-refractivity contribution in [3.63, 3.8) is 0 Å². The van der Waals surface area contributed by atoms with Gasteiger partial charge in [0.05, 0.1) is 23.9 Å². The van der Waals surface area contributed by atoms with Crippen molar-refractivity contribution in [1.82, 2.24) is 20.2 Å². The van der Waals surface area contributed by atoms with Gasteiger partial charge in [-0.25, -0.2) is 9.78 Å². The molecule has 1 aromatic carbocycles. The lowest BCUT2D eigenvalue weighted by Crippen LogP contribution is -2.09. The lowest BCUT2D eigenvalue weighted by molar-refractivity contribution is -0.133. The highest BCUT2D eigenvalue weighted by atomic mass is 32.2. The van der Waals surface area contributed by atoms with Crippen molar-refractivity contribution in [2.24, 2.45) is 0 Å². The van der Waals surface area contributed by atoms with Gasteiger partial charge in [0.2, 0.25) is 5.13 Å². The summed E-state index contributed by atoms with van der Waals surface area (Å²) < 4.78 is 5.51. The Kier molecular flexibility index (Phi) is 6.30. The molecule has 8 nitrogen and oxygen atoms in total. The molecule has 3 N–H and O–H groups in total. The summed E-state index contributed by atoms with van der Waals surface area (Å²) in [6.45, 7) is 2.89. The predicted molar refractivity (Wildman–Crippen MR) is 107 cm³/mol. The fourth-order valence-corrected chi connectivity index (χ4v) is 3.95. The third-order valence-electron chi connectivity index (χ3n) is 3.57. The van der Waals surface area contributed by atoms with Gasteiger partial charge in [-0.05, 0) is 18.6 Å². The molecule has 0 saturated carbocycles. The second-order valence-electron chi connectivity index (χ2n) is 5.50. The zero-order chi connectivity index (χ0) is 19.2. The van der Waals surface area contributed by atoms with Crippen LogP contribution in [-0.2, 0) is 9.53 Å². The van der Waals surface area contributed by atoms with Gasteiger partial charge in [0.1, 0.15) is 17.2 Å². The first-order valence-electron chi connectivity index (χ1n) is 8.28. The van der Waals surface area contributed by atoms with Crippen LogP contribution in [0.3, 0.4) is 0 Å². The van der Waals surface area contributed by atoms with E-state index >= 15 is 0 Å². The number of fused-ring (bicyclic) bond motifs is 1. The molecule has 0 radical (unpaired) electrons. The maximum atomic E-state index is 12.2. The summed E-state index contributed by atoms with van der Waals surface area (Å²) in [5.41, 5.74) is 1.48. The average Bonchev–Trinajstić information content (AvgIpc) is 3.31. The number of hydrogen-bond donors (Lipinski definition) is 3. The number of aromatic amines is 1. The lowest BCUT2D eigenvalue weighted by atomic mass is 10.2. The topological polar surface area (TPSA) is 113 Å². The van der Waals surface area contributed by atoms with Gasteiger partial charge >= 0.3 is 5.97 Å². The molecule has 0 aliphatic rings. The number of aliphatic hydroxyl groups excluding tert-OH is 1. The van der Waals surface area contributed by atoms with Crippen molar-refractivity contribution in [2.75, 3.05) is 24.7 Å². The molecule has 3 rings (SSSR count). The van der Waals surface area contributed by atoms with Crippen molar-refractivity contribution >= 4 is 50.8 Å². The van der Waals surface area contributed by atoms with Crippen LogP contribution in [0.5, 0.6) is 0 Å². The Bertz CT molecular complexity index is 933. The summed E-state index contributed by atoms with van der Waals surface area (Å²) >= 11 is 2.68. The number of methoxy groups -OCH3 is 1. The van der Waals surface area contributed by atoms with Gasteiger partial charge in [-0.2, -0.15) is 0 Å². The summed E-state index contributed by atoms with van der Waals surface area (Å²) in [5.74, 6) is -0.383. The number of nitrogens with one attached hydrogen (secondary N) is 2.